The summed E-state index contributed by atoms with van der Waals surface area (Å²) in [5, 5.41) is 10.8. The number of ether oxygens (including phenoxy) is 1. The van der Waals surface area contributed by atoms with Gasteiger partial charge in [-0.05, 0) is 48.7 Å². The highest BCUT2D eigenvalue weighted by atomic mass is 16.5. The van der Waals surface area contributed by atoms with Gasteiger partial charge in [0, 0.05) is 17.4 Å². The van der Waals surface area contributed by atoms with Crippen molar-refractivity contribution in [1.29, 1.82) is 0 Å². The van der Waals surface area contributed by atoms with Gasteiger partial charge in [-0.2, -0.15) is 0 Å². The number of hydrogen-bond donors (Lipinski definition) is 2. The first-order chi connectivity index (χ1) is 11.6. The predicted molar refractivity (Wildman–Crippen MR) is 89.3 cm³/mol. The molecule has 0 saturated carbocycles. The van der Waals surface area contributed by atoms with E-state index in [0.29, 0.717) is 17.9 Å². The minimum atomic E-state index is -0.440. The molecule has 5 rings (SSSR count). The zero-order chi connectivity index (χ0) is 16.4. The molecule has 1 atom stereocenters. The normalized spacial score (nSPS) is 18.8. The number of carbonyl (C=O) groups excluding carboxylic acids is 1. The molecule has 1 aromatic heterocycles. The maximum absolute atomic E-state index is 12.9. The van der Waals surface area contributed by atoms with Crippen molar-refractivity contribution < 1.29 is 14.6 Å². The number of phenolic OH excluding ortho intramolecular Hbond substituents is 1. The molecule has 120 valence electrons. The number of nitrogens with one attached hydrogen (secondary N) is 1. The van der Waals surface area contributed by atoms with Gasteiger partial charge in [0.25, 0.3) is 5.91 Å². The number of hydrogen-bond acceptors (Lipinski definition) is 3. The maximum Gasteiger partial charge on any atom is 0.260 e. The summed E-state index contributed by atoms with van der Waals surface area (Å²) in [4.78, 5) is 18.0. The molecule has 24 heavy (non-hydrogen) atoms. The summed E-state index contributed by atoms with van der Waals surface area (Å²) in [5.74, 6) is 0.920. The molecular weight excluding hydrogens is 304 g/mol. The fraction of sp³-hybridized carbons (Fsp3) is 0.211. The van der Waals surface area contributed by atoms with Gasteiger partial charge in [-0.1, -0.05) is 12.1 Å². The van der Waals surface area contributed by atoms with Crippen LogP contribution in [0.15, 0.2) is 36.4 Å². The van der Waals surface area contributed by atoms with Crippen molar-refractivity contribution in [3.63, 3.8) is 0 Å². The summed E-state index contributed by atoms with van der Waals surface area (Å²) < 4.78 is 6.23. The Morgan fingerprint density at radius 1 is 1.29 bits per heavy atom. The molecular formula is C19H16N2O3. The fourth-order valence-electron chi connectivity index (χ4n) is 3.82. The number of aromatic hydroxyl groups is 1. The van der Waals surface area contributed by atoms with Crippen molar-refractivity contribution in [2.45, 2.75) is 19.6 Å². The summed E-state index contributed by atoms with van der Waals surface area (Å²) in [6.07, 6.45) is 0.301. The number of amides is 1. The van der Waals surface area contributed by atoms with E-state index in [0.717, 1.165) is 34.1 Å². The Labute approximate surface area is 138 Å². The number of nitrogens with zero attached hydrogens (tertiary/aromatic N) is 1. The number of carbonyl (C=O) groups is 1. The highest BCUT2D eigenvalue weighted by molar-refractivity contribution is 5.99. The second-order valence-corrected chi connectivity index (χ2v) is 6.42. The van der Waals surface area contributed by atoms with Crippen LogP contribution < -0.4 is 4.74 Å². The molecule has 5 heteroatoms. The van der Waals surface area contributed by atoms with Gasteiger partial charge in [0.15, 0.2) is 0 Å². The molecule has 0 bridgehead atoms. The SMILES string of the molecule is Cc1cccc2c1OC1c3[nH]c4ccc(O)cc4c3CCN1C2=O. The summed E-state index contributed by atoms with van der Waals surface area (Å²) in [5.41, 5.74) is 4.56. The number of aromatic amines is 1. The third kappa shape index (κ3) is 1.67. The summed E-state index contributed by atoms with van der Waals surface area (Å²) in [6, 6.07) is 10.9. The van der Waals surface area contributed by atoms with Crippen molar-refractivity contribution in [2.24, 2.45) is 0 Å². The molecule has 1 unspecified atom stereocenters. The Morgan fingerprint density at radius 2 is 2.17 bits per heavy atom. The Morgan fingerprint density at radius 3 is 3.04 bits per heavy atom. The van der Waals surface area contributed by atoms with Gasteiger partial charge in [0.2, 0.25) is 6.23 Å². The Hall–Kier alpha value is -2.95. The zero-order valence-corrected chi connectivity index (χ0v) is 13.2. The van der Waals surface area contributed by atoms with Crippen LogP contribution in [0.5, 0.6) is 11.5 Å². The van der Waals surface area contributed by atoms with E-state index < -0.39 is 6.23 Å². The largest absolute Gasteiger partial charge is 0.508 e. The summed E-state index contributed by atoms with van der Waals surface area (Å²) in [6.45, 7) is 2.56. The fourth-order valence-corrected chi connectivity index (χ4v) is 3.82. The first-order valence-corrected chi connectivity index (χ1v) is 8.04. The number of H-pyrrole nitrogens is 1. The Kier molecular flexibility index (Phi) is 2.55. The highest BCUT2D eigenvalue weighted by Crippen LogP contribution is 2.42. The minimum absolute atomic E-state index is 0.0112. The summed E-state index contributed by atoms with van der Waals surface area (Å²) in [7, 11) is 0. The molecule has 0 spiro atoms. The average molecular weight is 320 g/mol. The zero-order valence-electron chi connectivity index (χ0n) is 13.2. The molecule has 1 amide bonds. The monoisotopic (exact) mass is 320 g/mol. The number of rotatable bonds is 0. The molecule has 2 aromatic carbocycles. The van der Waals surface area contributed by atoms with E-state index in [-0.39, 0.29) is 11.7 Å². The molecule has 2 aliphatic heterocycles. The standard InChI is InChI=1S/C19H16N2O3/c1-10-3-2-4-13-17(10)24-19-16-12(7-8-21(19)18(13)23)14-9-11(22)5-6-15(14)20-16/h2-6,9,19-20,22H,7-8H2,1H3. The lowest BCUT2D eigenvalue weighted by molar-refractivity contribution is 0.00162. The Bertz CT molecular complexity index is 1010. The lowest BCUT2D eigenvalue weighted by Crippen LogP contribution is -2.45. The van der Waals surface area contributed by atoms with Gasteiger partial charge in [-0.15, -0.1) is 0 Å². The maximum atomic E-state index is 12.9. The second kappa shape index (κ2) is 4.54. The van der Waals surface area contributed by atoms with E-state index in [2.05, 4.69) is 4.98 Å². The van der Waals surface area contributed by atoms with Crippen LogP contribution in [0.25, 0.3) is 10.9 Å². The van der Waals surface area contributed by atoms with Crippen LogP contribution in [0.4, 0.5) is 0 Å². The van der Waals surface area contributed by atoms with Crippen molar-refractivity contribution in [1.82, 2.24) is 9.88 Å². The van der Waals surface area contributed by atoms with Gasteiger partial charge in [0.05, 0.1) is 11.3 Å². The lowest BCUT2D eigenvalue weighted by atomic mass is 9.98. The lowest BCUT2D eigenvalue weighted by Gasteiger charge is -2.40. The molecule has 0 radical (unpaired) electrons. The quantitative estimate of drug-likeness (QED) is 0.668. The number of para-hydroxylation sites is 1. The van der Waals surface area contributed by atoms with E-state index in [9.17, 15) is 9.90 Å². The van der Waals surface area contributed by atoms with Crippen molar-refractivity contribution in [3.8, 4) is 11.5 Å². The molecule has 0 aliphatic carbocycles. The third-order valence-electron chi connectivity index (χ3n) is 4.99. The number of aromatic nitrogens is 1. The molecule has 3 aromatic rings. The third-order valence-corrected chi connectivity index (χ3v) is 4.99. The number of phenols is 1. The van der Waals surface area contributed by atoms with Gasteiger partial charge in [-0.3, -0.25) is 9.69 Å². The number of fused-ring (bicyclic) bond motifs is 6. The molecule has 2 aliphatic rings. The van der Waals surface area contributed by atoms with Gasteiger partial charge in [-0.25, -0.2) is 0 Å². The van der Waals surface area contributed by atoms with E-state index in [1.165, 1.54) is 0 Å². The van der Waals surface area contributed by atoms with Crippen LogP contribution in [0.2, 0.25) is 0 Å². The van der Waals surface area contributed by atoms with E-state index >= 15 is 0 Å². The molecule has 2 N–H and O–H groups in total. The number of aryl methyl sites for hydroxylation is 1. The van der Waals surface area contributed by atoms with Crippen molar-refractivity contribution in [3.05, 3.63) is 58.8 Å². The minimum Gasteiger partial charge on any atom is -0.508 e. The van der Waals surface area contributed by atoms with Gasteiger partial charge in [0.1, 0.15) is 11.5 Å². The average Bonchev–Trinajstić information content (AvgIpc) is 2.94. The van der Waals surface area contributed by atoms with Crippen molar-refractivity contribution >= 4 is 16.8 Å². The van der Waals surface area contributed by atoms with Crippen LogP contribution >= 0.6 is 0 Å². The summed E-state index contributed by atoms with van der Waals surface area (Å²) >= 11 is 0. The van der Waals surface area contributed by atoms with E-state index in [4.69, 9.17) is 4.74 Å². The van der Waals surface area contributed by atoms with E-state index in [1.807, 2.05) is 31.2 Å². The van der Waals surface area contributed by atoms with Gasteiger partial charge >= 0.3 is 0 Å². The molecule has 0 fully saturated rings. The second-order valence-electron chi connectivity index (χ2n) is 6.42. The number of benzene rings is 2. The Balaban J connectivity index is 1.71. The molecule has 5 nitrogen and oxygen atoms in total. The van der Waals surface area contributed by atoms with Crippen molar-refractivity contribution in [2.75, 3.05) is 6.54 Å². The van der Waals surface area contributed by atoms with Crippen LogP contribution in [0.1, 0.15) is 33.4 Å². The van der Waals surface area contributed by atoms with E-state index in [1.54, 1.807) is 17.0 Å². The smallest absolute Gasteiger partial charge is 0.260 e. The van der Waals surface area contributed by atoms with Gasteiger partial charge < -0.3 is 14.8 Å². The first kappa shape index (κ1) is 13.5. The molecule has 3 heterocycles. The molecule has 0 saturated heterocycles. The topological polar surface area (TPSA) is 65.6 Å². The van der Waals surface area contributed by atoms with Crippen LogP contribution in [-0.4, -0.2) is 27.4 Å². The van der Waals surface area contributed by atoms with Crippen LogP contribution in [-0.2, 0) is 6.42 Å². The van der Waals surface area contributed by atoms with Crippen LogP contribution in [0, 0.1) is 6.92 Å². The van der Waals surface area contributed by atoms with Crippen LogP contribution in [0.3, 0.4) is 0 Å². The predicted octanol–water partition coefficient (Wildman–Crippen LogP) is 3.27. The highest BCUT2D eigenvalue weighted by Gasteiger charge is 2.40. The first-order valence-electron chi connectivity index (χ1n) is 8.04.